The van der Waals surface area contributed by atoms with E-state index >= 15 is 0 Å². The van der Waals surface area contributed by atoms with Crippen LogP contribution in [0.25, 0.3) is 0 Å². The Balaban J connectivity index is 1.64. The Morgan fingerprint density at radius 2 is 1.84 bits per heavy atom. The predicted octanol–water partition coefficient (Wildman–Crippen LogP) is 3.75. The molecule has 25 heavy (non-hydrogen) atoms. The van der Waals surface area contributed by atoms with Crippen LogP contribution in [0.15, 0.2) is 42.5 Å². The summed E-state index contributed by atoms with van der Waals surface area (Å²) in [6, 6.07) is 14.2. The van der Waals surface area contributed by atoms with Crippen LogP contribution >= 0.6 is 0 Å². The third kappa shape index (κ3) is 4.32. The third-order valence-electron chi connectivity index (χ3n) is 4.49. The molecule has 3 rings (SSSR count). The molecular weight excluding hydrogens is 314 g/mol. The molecule has 4 nitrogen and oxygen atoms in total. The van der Waals surface area contributed by atoms with E-state index in [1.54, 1.807) is 0 Å². The van der Waals surface area contributed by atoms with Crippen LogP contribution in [-0.2, 0) is 17.8 Å². The molecule has 1 aliphatic heterocycles. The number of aryl methyl sites for hydroxylation is 2. The first kappa shape index (κ1) is 17.3. The highest BCUT2D eigenvalue weighted by molar-refractivity contribution is 5.76. The number of rotatable bonds is 6. The Morgan fingerprint density at radius 1 is 1.08 bits per heavy atom. The number of hydrogen-bond acceptors (Lipinski definition) is 3. The molecule has 1 heterocycles. The lowest BCUT2D eigenvalue weighted by Crippen LogP contribution is -2.31. The lowest BCUT2D eigenvalue weighted by Gasteiger charge is -2.25. The minimum Gasteiger partial charge on any atom is -0.486 e. The molecule has 4 heteroatoms. The highest BCUT2D eigenvalue weighted by atomic mass is 16.6. The Bertz CT molecular complexity index is 724. The summed E-state index contributed by atoms with van der Waals surface area (Å²) in [5, 5.41) is 0. The van der Waals surface area contributed by atoms with Gasteiger partial charge in [-0.2, -0.15) is 0 Å². The molecule has 0 saturated carbocycles. The smallest absolute Gasteiger partial charge is 0.223 e. The van der Waals surface area contributed by atoms with Gasteiger partial charge in [-0.05, 0) is 31.9 Å². The molecule has 0 bridgehead atoms. The SMILES string of the molecule is CCN(Cc1cccc2c1OCCO2)C(=O)CCc1ccc(C)cc1. The van der Waals surface area contributed by atoms with Gasteiger partial charge in [-0.25, -0.2) is 0 Å². The number of nitrogens with zero attached hydrogens (tertiary/aromatic N) is 1. The van der Waals surface area contributed by atoms with Gasteiger partial charge in [0.15, 0.2) is 11.5 Å². The maximum Gasteiger partial charge on any atom is 0.223 e. The highest BCUT2D eigenvalue weighted by Crippen LogP contribution is 2.34. The van der Waals surface area contributed by atoms with E-state index in [2.05, 4.69) is 31.2 Å². The average molecular weight is 339 g/mol. The average Bonchev–Trinajstić information content (AvgIpc) is 2.65. The van der Waals surface area contributed by atoms with Gasteiger partial charge in [0.05, 0.1) is 0 Å². The first-order valence-electron chi connectivity index (χ1n) is 8.88. The predicted molar refractivity (Wildman–Crippen MR) is 98.0 cm³/mol. The van der Waals surface area contributed by atoms with Gasteiger partial charge < -0.3 is 14.4 Å². The van der Waals surface area contributed by atoms with Crippen molar-refractivity contribution in [2.45, 2.75) is 33.2 Å². The van der Waals surface area contributed by atoms with E-state index in [1.165, 1.54) is 11.1 Å². The number of para-hydroxylation sites is 1. The van der Waals surface area contributed by atoms with Gasteiger partial charge in [-0.1, -0.05) is 42.0 Å². The summed E-state index contributed by atoms with van der Waals surface area (Å²) in [7, 11) is 0. The summed E-state index contributed by atoms with van der Waals surface area (Å²) in [6.45, 7) is 6.44. The molecule has 0 spiro atoms. The van der Waals surface area contributed by atoms with Crippen molar-refractivity contribution in [3.05, 3.63) is 59.2 Å². The molecular formula is C21H25NO3. The van der Waals surface area contributed by atoms with Gasteiger partial charge in [0.1, 0.15) is 13.2 Å². The maximum absolute atomic E-state index is 12.6. The second kappa shape index (κ2) is 8.06. The van der Waals surface area contributed by atoms with Gasteiger partial charge in [-0.15, -0.1) is 0 Å². The normalized spacial score (nSPS) is 12.7. The van der Waals surface area contributed by atoms with E-state index in [9.17, 15) is 4.79 Å². The molecule has 0 N–H and O–H groups in total. The Hall–Kier alpha value is -2.49. The van der Waals surface area contributed by atoms with Crippen LogP contribution in [0, 0.1) is 6.92 Å². The van der Waals surface area contributed by atoms with Gasteiger partial charge in [0, 0.05) is 25.1 Å². The molecule has 0 unspecified atom stereocenters. The lowest BCUT2D eigenvalue weighted by atomic mass is 10.1. The van der Waals surface area contributed by atoms with E-state index < -0.39 is 0 Å². The number of benzene rings is 2. The van der Waals surface area contributed by atoms with Crippen LogP contribution < -0.4 is 9.47 Å². The molecule has 1 amide bonds. The van der Waals surface area contributed by atoms with Crippen molar-refractivity contribution in [2.75, 3.05) is 19.8 Å². The first-order chi connectivity index (χ1) is 12.2. The number of carbonyl (C=O) groups is 1. The number of amides is 1. The lowest BCUT2D eigenvalue weighted by molar-refractivity contribution is -0.131. The fraction of sp³-hybridized carbons (Fsp3) is 0.381. The quantitative estimate of drug-likeness (QED) is 0.804. The number of hydrogen-bond donors (Lipinski definition) is 0. The second-order valence-electron chi connectivity index (χ2n) is 6.33. The van der Waals surface area contributed by atoms with E-state index in [1.807, 2.05) is 30.0 Å². The van der Waals surface area contributed by atoms with E-state index in [0.717, 1.165) is 23.5 Å². The van der Waals surface area contributed by atoms with Crippen LogP contribution in [0.2, 0.25) is 0 Å². The van der Waals surface area contributed by atoms with Crippen LogP contribution in [-0.4, -0.2) is 30.6 Å². The van der Waals surface area contributed by atoms with Crippen molar-refractivity contribution >= 4 is 5.91 Å². The largest absolute Gasteiger partial charge is 0.486 e. The zero-order valence-electron chi connectivity index (χ0n) is 15.0. The zero-order chi connectivity index (χ0) is 17.6. The zero-order valence-corrected chi connectivity index (χ0v) is 15.0. The van der Waals surface area contributed by atoms with Crippen LogP contribution in [0.5, 0.6) is 11.5 Å². The summed E-state index contributed by atoms with van der Waals surface area (Å²) < 4.78 is 11.4. The second-order valence-corrected chi connectivity index (χ2v) is 6.33. The van der Waals surface area contributed by atoms with E-state index in [0.29, 0.717) is 32.7 Å². The number of carbonyl (C=O) groups excluding carboxylic acids is 1. The molecule has 0 atom stereocenters. The van der Waals surface area contributed by atoms with Crippen molar-refractivity contribution in [2.24, 2.45) is 0 Å². The van der Waals surface area contributed by atoms with Gasteiger partial charge >= 0.3 is 0 Å². The topological polar surface area (TPSA) is 38.8 Å². The monoisotopic (exact) mass is 339 g/mol. The van der Waals surface area contributed by atoms with Gasteiger partial charge in [0.25, 0.3) is 0 Å². The van der Waals surface area contributed by atoms with Crippen molar-refractivity contribution in [3.8, 4) is 11.5 Å². The summed E-state index contributed by atoms with van der Waals surface area (Å²) in [6.07, 6.45) is 1.28. The molecule has 0 fully saturated rings. The maximum atomic E-state index is 12.6. The van der Waals surface area contributed by atoms with Crippen LogP contribution in [0.1, 0.15) is 30.0 Å². The standard InChI is InChI=1S/C21H25NO3/c1-3-22(20(23)12-11-17-9-7-16(2)8-10-17)15-18-5-4-6-19-21(18)25-14-13-24-19/h4-10H,3,11-15H2,1-2H3. The molecule has 2 aromatic carbocycles. The molecule has 2 aromatic rings. The minimum atomic E-state index is 0.164. The highest BCUT2D eigenvalue weighted by Gasteiger charge is 2.19. The fourth-order valence-electron chi connectivity index (χ4n) is 3.00. The Kier molecular flexibility index (Phi) is 5.59. The van der Waals surface area contributed by atoms with Crippen molar-refractivity contribution in [3.63, 3.8) is 0 Å². The van der Waals surface area contributed by atoms with Crippen molar-refractivity contribution < 1.29 is 14.3 Å². The Labute approximate surface area is 149 Å². The first-order valence-corrected chi connectivity index (χ1v) is 8.88. The van der Waals surface area contributed by atoms with Crippen LogP contribution in [0.3, 0.4) is 0 Å². The minimum absolute atomic E-state index is 0.164. The molecule has 0 saturated heterocycles. The molecule has 0 radical (unpaired) electrons. The number of fused-ring (bicyclic) bond motifs is 1. The van der Waals surface area contributed by atoms with Crippen molar-refractivity contribution in [1.29, 1.82) is 0 Å². The molecule has 0 aliphatic carbocycles. The molecule has 1 aliphatic rings. The third-order valence-corrected chi connectivity index (χ3v) is 4.49. The Morgan fingerprint density at radius 3 is 2.60 bits per heavy atom. The number of ether oxygens (including phenoxy) is 2. The summed E-state index contributed by atoms with van der Waals surface area (Å²) in [5.41, 5.74) is 3.44. The van der Waals surface area contributed by atoms with Crippen molar-refractivity contribution in [1.82, 2.24) is 4.90 Å². The van der Waals surface area contributed by atoms with Crippen LogP contribution in [0.4, 0.5) is 0 Å². The fourth-order valence-corrected chi connectivity index (χ4v) is 3.00. The van der Waals surface area contributed by atoms with Gasteiger partial charge in [0.2, 0.25) is 5.91 Å². The van der Waals surface area contributed by atoms with E-state index in [4.69, 9.17) is 9.47 Å². The van der Waals surface area contributed by atoms with E-state index in [-0.39, 0.29) is 5.91 Å². The molecule has 0 aromatic heterocycles. The summed E-state index contributed by atoms with van der Waals surface area (Å²) in [4.78, 5) is 14.5. The van der Waals surface area contributed by atoms with Gasteiger partial charge in [-0.3, -0.25) is 4.79 Å². The molecule has 132 valence electrons. The summed E-state index contributed by atoms with van der Waals surface area (Å²) >= 11 is 0. The summed E-state index contributed by atoms with van der Waals surface area (Å²) in [5.74, 6) is 1.71.